The van der Waals surface area contributed by atoms with Gasteiger partial charge >= 0.3 is 0 Å². The Kier molecular flexibility index (Phi) is 4.77. The molecule has 1 aromatic heterocycles. The molecular formula is C16H18N2O3S2. The standard InChI is InChI=1S/C16H18N2O3S2/c19-16(13-7-9-23(20,21)11-13)17-8-6-15-18-14(10-22-15)12-4-2-1-3-5-12/h1-5,10,13H,6-9,11H2,(H,17,19). The van der Waals surface area contributed by atoms with Crippen molar-refractivity contribution in [3.63, 3.8) is 0 Å². The molecule has 1 amide bonds. The number of hydrogen-bond donors (Lipinski definition) is 1. The first kappa shape index (κ1) is 16.1. The molecule has 5 nitrogen and oxygen atoms in total. The SMILES string of the molecule is O=C(NCCc1nc(-c2ccccc2)cs1)C1CCS(=O)(=O)C1. The van der Waals surface area contributed by atoms with E-state index in [9.17, 15) is 13.2 Å². The van der Waals surface area contributed by atoms with Crippen LogP contribution in [0.1, 0.15) is 11.4 Å². The van der Waals surface area contributed by atoms with Crippen LogP contribution in [0.3, 0.4) is 0 Å². The molecule has 2 heterocycles. The Morgan fingerprint density at radius 1 is 1.30 bits per heavy atom. The van der Waals surface area contributed by atoms with Crippen molar-refractivity contribution in [3.05, 3.63) is 40.7 Å². The molecule has 1 aliphatic rings. The highest BCUT2D eigenvalue weighted by Gasteiger charge is 2.32. The minimum absolute atomic E-state index is 0.0196. The van der Waals surface area contributed by atoms with Gasteiger partial charge in [0.05, 0.1) is 28.1 Å². The van der Waals surface area contributed by atoms with Crippen LogP contribution in [0, 0.1) is 5.92 Å². The summed E-state index contributed by atoms with van der Waals surface area (Å²) in [5.41, 5.74) is 2.02. The number of nitrogens with one attached hydrogen (secondary N) is 1. The summed E-state index contributed by atoms with van der Waals surface area (Å²) in [6.45, 7) is 0.483. The number of aromatic nitrogens is 1. The van der Waals surface area contributed by atoms with Gasteiger partial charge in [0.1, 0.15) is 0 Å². The van der Waals surface area contributed by atoms with Crippen LogP contribution >= 0.6 is 11.3 Å². The molecule has 1 aromatic carbocycles. The predicted molar refractivity (Wildman–Crippen MR) is 91.0 cm³/mol. The Morgan fingerprint density at radius 3 is 2.78 bits per heavy atom. The van der Waals surface area contributed by atoms with Gasteiger partial charge in [0.15, 0.2) is 9.84 Å². The largest absolute Gasteiger partial charge is 0.355 e. The Hall–Kier alpha value is -1.73. The smallest absolute Gasteiger partial charge is 0.224 e. The quantitative estimate of drug-likeness (QED) is 0.894. The molecular weight excluding hydrogens is 332 g/mol. The van der Waals surface area contributed by atoms with Gasteiger partial charge in [-0.2, -0.15) is 0 Å². The Labute approximate surface area is 139 Å². The maximum atomic E-state index is 12.0. The molecule has 0 radical (unpaired) electrons. The highest BCUT2D eigenvalue weighted by atomic mass is 32.2. The average molecular weight is 350 g/mol. The van der Waals surface area contributed by atoms with Gasteiger partial charge < -0.3 is 5.32 Å². The fourth-order valence-electron chi connectivity index (χ4n) is 2.61. The molecule has 3 rings (SSSR count). The van der Waals surface area contributed by atoms with Gasteiger partial charge in [0, 0.05) is 23.9 Å². The molecule has 1 unspecified atom stereocenters. The van der Waals surface area contributed by atoms with Crippen LogP contribution in [0.4, 0.5) is 0 Å². The van der Waals surface area contributed by atoms with Crippen molar-refractivity contribution < 1.29 is 13.2 Å². The summed E-state index contributed by atoms with van der Waals surface area (Å²) >= 11 is 1.57. The number of hydrogen-bond acceptors (Lipinski definition) is 5. The molecule has 0 saturated carbocycles. The zero-order chi connectivity index (χ0) is 16.3. The summed E-state index contributed by atoms with van der Waals surface area (Å²) in [6, 6.07) is 9.95. The summed E-state index contributed by atoms with van der Waals surface area (Å²) in [5.74, 6) is -0.450. The molecule has 7 heteroatoms. The van der Waals surface area contributed by atoms with E-state index in [0.29, 0.717) is 19.4 Å². The van der Waals surface area contributed by atoms with E-state index in [-0.39, 0.29) is 17.4 Å². The zero-order valence-electron chi connectivity index (χ0n) is 12.6. The van der Waals surface area contributed by atoms with Gasteiger partial charge in [-0.3, -0.25) is 4.79 Å². The second kappa shape index (κ2) is 6.80. The molecule has 1 atom stereocenters. The number of carbonyl (C=O) groups excluding carboxylic acids is 1. The van der Waals surface area contributed by atoms with Gasteiger partial charge in [-0.15, -0.1) is 11.3 Å². The molecule has 0 bridgehead atoms. The summed E-state index contributed by atoms with van der Waals surface area (Å²) in [5, 5.41) is 5.79. The van der Waals surface area contributed by atoms with Crippen molar-refractivity contribution in [2.75, 3.05) is 18.1 Å². The van der Waals surface area contributed by atoms with E-state index in [0.717, 1.165) is 16.3 Å². The van der Waals surface area contributed by atoms with Gasteiger partial charge in [-0.05, 0) is 6.42 Å². The summed E-state index contributed by atoms with van der Waals surface area (Å²) in [7, 11) is -3.02. The molecule has 0 aliphatic carbocycles. The lowest BCUT2D eigenvalue weighted by molar-refractivity contribution is -0.124. The Bertz CT molecular complexity index is 785. The maximum absolute atomic E-state index is 12.0. The average Bonchev–Trinajstić information content (AvgIpc) is 3.14. The van der Waals surface area contributed by atoms with Gasteiger partial charge in [-0.1, -0.05) is 30.3 Å². The molecule has 0 spiro atoms. The lowest BCUT2D eigenvalue weighted by Gasteiger charge is -2.08. The van der Waals surface area contributed by atoms with E-state index in [1.165, 1.54) is 0 Å². The van der Waals surface area contributed by atoms with Gasteiger partial charge in [-0.25, -0.2) is 13.4 Å². The minimum Gasteiger partial charge on any atom is -0.355 e. The van der Waals surface area contributed by atoms with E-state index in [1.807, 2.05) is 35.7 Å². The molecule has 2 aromatic rings. The maximum Gasteiger partial charge on any atom is 0.224 e. The van der Waals surface area contributed by atoms with Crippen molar-refractivity contribution in [2.24, 2.45) is 5.92 Å². The van der Waals surface area contributed by atoms with Crippen LogP contribution in [0.25, 0.3) is 11.3 Å². The number of thiazole rings is 1. The van der Waals surface area contributed by atoms with Crippen LogP contribution in [0.5, 0.6) is 0 Å². The Balaban J connectivity index is 1.50. The first-order chi connectivity index (χ1) is 11.0. The first-order valence-electron chi connectivity index (χ1n) is 7.51. The van der Waals surface area contributed by atoms with Crippen molar-refractivity contribution in [1.82, 2.24) is 10.3 Å². The van der Waals surface area contributed by atoms with Crippen LogP contribution in [-0.4, -0.2) is 37.4 Å². The number of carbonyl (C=O) groups is 1. The van der Waals surface area contributed by atoms with Crippen molar-refractivity contribution in [3.8, 4) is 11.3 Å². The molecule has 1 N–H and O–H groups in total. The summed E-state index contributed by atoms with van der Waals surface area (Å²) in [4.78, 5) is 16.5. The van der Waals surface area contributed by atoms with Gasteiger partial charge in [0.25, 0.3) is 0 Å². The van der Waals surface area contributed by atoms with Crippen LogP contribution in [-0.2, 0) is 21.1 Å². The number of sulfone groups is 1. The number of rotatable bonds is 5. The molecule has 122 valence electrons. The monoisotopic (exact) mass is 350 g/mol. The predicted octanol–water partition coefficient (Wildman–Crippen LogP) is 1.90. The number of amides is 1. The molecule has 1 aliphatic heterocycles. The second-order valence-electron chi connectivity index (χ2n) is 5.63. The highest BCUT2D eigenvalue weighted by molar-refractivity contribution is 7.91. The Morgan fingerprint density at radius 2 is 2.09 bits per heavy atom. The fourth-order valence-corrected chi connectivity index (χ4v) is 5.15. The summed E-state index contributed by atoms with van der Waals surface area (Å²) in [6.07, 6.45) is 1.09. The number of nitrogens with zero attached hydrogens (tertiary/aromatic N) is 1. The number of benzene rings is 1. The summed E-state index contributed by atoms with van der Waals surface area (Å²) < 4.78 is 22.8. The lowest BCUT2D eigenvalue weighted by Crippen LogP contribution is -2.32. The van der Waals surface area contributed by atoms with Crippen LogP contribution in [0.15, 0.2) is 35.7 Å². The molecule has 1 fully saturated rings. The van der Waals surface area contributed by atoms with E-state index >= 15 is 0 Å². The van der Waals surface area contributed by atoms with E-state index in [1.54, 1.807) is 11.3 Å². The van der Waals surface area contributed by atoms with E-state index in [2.05, 4.69) is 10.3 Å². The van der Waals surface area contributed by atoms with Crippen molar-refractivity contribution in [1.29, 1.82) is 0 Å². The second-order valence-corrected chi connectivity index (χ2v) is 8.80. The minimum atomic E-state index is -3.02. The third-order valence-electron chi connectivity index (χ3n) is 3.86. The van der Waals surface area contributed by atoms with Gasteiger partial charge in [0.2, 0.25) is 5.91 Å². The molecule has 1 saturated heterocycles. The highest BCUT2D eigenvalue weighted by Crippen LogP contribution is 2.22. The third kappa shape index (κ3) is 4.17. The normalized spacial score (nSPS) is 19.6. The molecule has 23 heavy (non-hydrogen) atoms. The lowest BCUT2D eigenvalue weighted by atomic mass is 10.1. The first-order valence-corrected chi connectivity index (χ1v) is 10.2. The fraction of sp³-hybridized carbons (Fsp3) is 0.375. The van der Waals surface area contributed by atoms with Crippen LogP contribution in [0.2, 0.25) is 0 Å². The topological polar surface area (TPSA) is 76.1 Å². The van der Waals surface area contributed by atoms with E-state index in [4.69, 9.17) is 0 Å². The zero-order valence-corrected chi connectivity index (χ0v) is 14.2. The third-order valence-corrected chi connectivity index (χ3v) is 6.54. The van der Waals surface area contributed by atoms with Crippen molar-refractivity contribution >= 4 is 27.1 Å². The van der Waals surface area contributed by atoms with Crippen LogP contribution < -0.4 is 5.32 Å². The van der Waals surface area contributed by atoms with E-state index < -0.39 is 15.8 Å². The van der Waals surface area contributed by atoms with Crippen molar-refractivity contribution in [2.45, 2.75) is 12.8 Å².